The Hall–Kier alpha value is -15.2. The Morgan fingerprint density at radius 2 is 0.402 bits per heavy atom. The van der Waals surface area contributed by atoms with Crippen molar-refractivity contribution < 1.29 is 0 Å². The van der Waals surface area contributed by atoms with E-state index in [-0.39, 0.29) is 0 Å². The highest BCUT2D eigenvalue weighted by molar-refractivity contribution is 6.15. The summed E-state index contributed by atoms with van der Waals surface area (Å²) in [6, 6.07) is 144. The van der Waals surface area contributed by atoms with Crippen LogP contribution in [0.4, 0.5) is 0 Å². The molecule has 0 atom stereocenters. The molecule has 9 heteroatoms. The minimum Gasteiger partial charge on any atom is -0.309 e. The Morgan fingerprint density at radius 3 is 0.777 bits per heavy atom. The molecule has 0 radical (unpaired) electrons. The predicted molar refractivity (Wildman–Crippen MR) is 463 cm³/mol. The van der Waals surface area contributed by atoms with Crippen LogP contribution in [0.5, 0.6) is 0 Å². The van der Waals surface area contributed by atoms with E-state index in [0.29, 0.717) is 23.5 Å². The molecule has 0 fully saturated rings. The second-order valence-electron chi connectivity index (χ2n) is 28.3. The van der Waals surface area contributed by atoms with Gasteiger partial charge in [0.1, 0.15) is 0 Å². The van der Waals surface area contributed by atoms with Gasteiger partial charge in [-0.25, -0.2) is 15.0 Å². The smallest absolute Gasteiger partial charge is 0.238 e. The molecule has 22 aromatic rings. The maximum Gasteiger partial charge on any atom is 0.238 e. The molecule has 9 nitrogen and oxygen atoms in total. The standard InChI is InChI=1S/C52H34N4.C51H33N5/c1-4-14-35(15-5-1)36-24-28-41(29-25-36)55-48-22-12-11-21-43(48)45-32-39(27-31-50(45)55)40-26-30-44-42-20-10-13-23-49(42)56(51(44)33-40)52-53-46(37-16-6-2-7-17-37)34-47(54-52)38-18-8-3-9-19-38;1-4-14-34(15-5-1)35-24-28-40(29-25-35)55-45-22-12-11-21-42(45)44-32-38(27-31-47(44)55)39-26-30-43-41-20-10-13-23-46(41)56(48(43)33-39)51-53-49(36-16-6-2-7-17-36)52-50(54-51)37-18-8-3-9-19-37/h1-34H;1-33H. The normalized spacial score (nSPS) is 11.6. The number of hydrogen-bond acceptors (Lipinski definition) is 5. The van der Waals surface area contributed by atoms with Gasteiger partial charge in [0.25, 0.3) is 0 Å². The van der Waals surface area contributed by atoms with Gasteiger partial charge in [-0.15, -0.1) is 0 Å². The Balaban J connectivity index is 0.000000141. The summed E-state index contributed by atoms with van der Waals surface area (Å²) in [6.07, 6.45) is 0. The van der Waals surface area contributed by atoms with Gasteiger partial charge >= 0.3 is 0 Å². The van der Waals surface area contributed by atoms with Crippen LogP contribution < -0.4 is 0 Å². The first kappa shape index (κ1) is 65.1. The van der Waals surface area contributed by atoms with Crippen molar-refractivity contribution in [2.75, 3.05) is 0 Å². The van der Waals surface area contributed by atoms with E-state index in [1.165, 1.54) is 71.3 Å². The van der Waals surface area contributed by atoms with Gasteiger partial charge in [0, 0.05) is 76.7 Å². The maximum absolute atomic E-state index is 5.25. The third-order valence-electron chi connectivity index (χ3n) is 21.8. The Labute approximate surface area is 645 Å². The van der Waals surface area contributed by atoms with Crippen molar-refractivity contribution in [3.8, 4) is 113 Å². The number of hydrogen-bond donors (Lipinski definition) is 0. The minimum atomic E-state index is 0.581. The maximum atomic E-state index is 5.25. The number of benzene rings is 16. The van der Waals surface area contributed by atoms with Crippen LogP contribution in [0.3, 0.4) is 0 Å². The number of fused-ring (bicyclic) bond motifs is 12. The average Bonchev–Trinajstić information content (AvgIpc) is 1.60. The van der Waals surface area contributed by atoms with Crippen LogP contribution >= 0.6 is 0 Å². The van der Waals surface area contributed by atoms with Gasteiger partial charge in [-0.2, -0.15) is 9.97 Å². The van der Waals surface area contributed by atoms with E-state index in [9.17, 15) is 0 Å². The first-order chi connectivity index (χ1) is 55.5. The molecule has 524 valence electrons. The van der Waals surface area contributed by atoms with Crippen molar-refractivity contribution in [1.82, 2.24) is 43.2 Å². The summed E-state index contributed by atoms with van der Waals surface area (Å²) >= 11 is 0. The van der Waals surface area contributed by atoms with E-state index in [2.05, 4.69) is 352 Å². The predicted octanol–water partition coefficient (Wildman–Crippen LogP) is 26.1. The van der Waals surface area contributed by atoms with E-state index in [1.54, 1.807) is 0 Å². The average molecular weight is 1430 g/mol. The SMILES string of the molecule is c1ccc(-c2ccc(-n3c4ccccc4c4cc(-c5ccc6c7ccccc7n(-c7nc(-c8ccccc8)cc(-c8ccccc8)n7)c6c5)ccc43)cc2)cc1.c1ccc(-c2ccc(-n3c4ccccc4c4cc(-c5ccc6c7ccccc7n(-c7nc(-c8ccccc8)nc(-c8ccccc8)n7)c6c5)ccc43)cc2)cc1. The van der Waals surface area contributed by atoms with Crippen molar-refractivity contribution in [3.63, 3.8) is 0 Å². The van der Waals surface area contributed by atoms with Crippen molar-refractivity contribution >= 4 is 87.2 Å². The summed E-state index contributed by atoms with van der Waals surface area (Å²) in [4.78, 5) is 25.8. The van der Waals surface area contributed by atoms with Gasteiger partial charge < -0.3 is 9.13 Å². The molecule has 0 amide bonds. The zero-order chi connectivity index (χ0) is 74.0. The quantitative estimate of drug-likeness (QED) is 0.122. The molecule has 6 heterocycles. The Kier molecular flexibility index (Phi) is 16.0. The molecule has 0 bridgehead atoms. The lowest BCUT2D eigenvalue weighted by atomic mass is 10.0. The van der Waals surface area contributed by atoms with E-state index < -0.39 is 0 Å². The molecule has 0 saturated carbocycles. The van der Waals surface area contributed by atoms with Gasteiger partial charge in [-0.3, -0.25) is 9.13 Å². The molecule has 0 unspecified atom stereocenters. The number of rotatable bonds is 12. The first-order valence-electron chi connectivity index (χ1n) is 37.9. The van der Waals surface area contributed by atoms with E-state index >= 15 is 0 Å². The summed E-state index contributed by atoms with van der Waals surface area (Å²) in [5.41, 5.74) is 26.3. The van der Waals surface area contributed by atoms with Crippen LogP contribution in [0.1, 0.15) is 0 Å². The van der Waals surface area contributed by atoms with Crippen LogP contribution in [-0.4, -0.2) is 43.2 Å². The summed E-state index contributed by atoms with van der Waals surface area (Å²) in [5.74, 6) is 2.49. The molecule has 0 saturated heterocycles. The monoisotopic (exact) mass is 1430 g/mol. The van der Waals surface area contributed by atoms with Crippen LogP contribution in [0.25, 0.3) is 200 Å². The zero-order valence-electron chi connectivity index (χ0n) is 60.7. The molecule has 0 aliphatic rings. The van der Waals surface area contributed by atoms with Crippen molar-refractivity contribution in [2.24, 2.45) is 0 Å². The lowest BCUT2D eigenvalue weighted by Gasteiger charge is -2.12. The summed E-state index contributed by atoms with van der Waals surface area (Å²) in [6.45, 7) is 0. The van der Waals surface area contributed by atoms with Gasteiger partial charge in [-0.05, 0) is 136 Å². The minimum absolute atomic E-state index is 0.581. The molecular formula is C103H67N9. The third-order valence-corrected chi connectivity index (χ3v) is 21.8. The van der Waals surface area contributed by atoms with E-state index in [1.807, 2.05) is 72.8 Å². The summed E-state index contributed by atoms with van der Waals surface area (Å²) in [7, 11) is 0. The van der Waals surface area contributed by atoms with Crippen LogP contribution in [-0.2, 0) is 0 Å². The molecule has 16 aromatic carbocycles. The molecular weight excluding hydrogens is 1360 g/mol. The van der Waals surface area contributed by atoms with Crippen molar-refractivity contribution in [1.29, 1.82) is 0 Å². The Bertz CT molecular complexity index is 6760. The lowest BCUT2D eigenvalue weighted by Crippen LogP contribution is -2.06. The molecule has 112 heavy (non-hydrogen) atoms. The van der Waals surface area contributed by atoms with Crippen molar-refractivity contribution in [2.45, 2.75) is 0 Å². The first-order valence-corrected chi connectivity index (χ1v) is 37.9. The van der Waals surface area contributed by atoms with E-state index in [4.69, 9.17) is 24.9 Å². The fraction of sp³-hybridized carbons (Fsp3) is 0. The fourth-order valence-corrected chi connectivity index (χ4v) is 16.4. The molecule has 0 aliphatic heterocycles. The van der Waals surface area contributed by atoms with Crippen LogP contribution in [0, 0.1) is 0 Å². The highest BCUT2D eigenvalue weighted by atomic mass is 15.2. The van der Waals surface area contributed by atoms with Gasteiger partial charge in [0.05, 0.1) is 55.5 Å². The largest absolute Gasteiger partial charge is 0.309 e. The summed E-state index contributed by atoms with van der Waals surface area (Å²) < 4.78 is 9.18. The highest BCUT2D eigenvalue weighted by Gasteiger charge is 2.23. The Morgan fingerprint density at radius 1 is 0.143 bits per heavy atom. The van der Waals surface area contributed by atoms with Crippen LogP contribution in [0.2, 0.25) is 0 Å². The zero-order valence-corrected chi connectivity index (χ0v) is 60.7. The number of nitrogens with zero attached hydrogens (tertiary/aromatic N) is 9. The fourth-order valence-electron chi connectivity index (χ4n) is 16.4. The number of para-hydroxylation sites is 4. The second-order valence-corrected chi connectivity index (χ2v) is 28.3. The second kappa shape index (κ2) is 27.5. The molecule has 0 aliphatic carbocycles. The molecule has 0 N–H and O–H groups in total. The van der Waals surface area contributed by atoms with Gasteiger partial charge in [0.2, 0.25) is 11.9 Å². The van der Waals surface area contributed by atoms with Crippen LogP contribution in [0.15, 0.2) is 406 Å². The molecule has 6 aromatic heterocycles. The van der Waals surface area contributed by atoms with Gasteiger partial charge in [0.15, 0.2) is 11.6 Å². The third kappa shape index (κ3) is 11.5. The highest BCUT2D eigenvalue weighted by Crippen LogP contribution is 2.42. The molecule has 0 spiro atoms. The number of aromatic nitrogens is 9. The summed E-state index contributed by atoms with van der Waals surface area (Å²) in [5, 5.41) is 9.50. The van der Waals surface area contributed by atoms with E-state index in [0.717, 1.165) is 105 Å². The topological polar surface area (TPSA) is 84.2 Å². The lowest BCUT2D eigenvalue weighted by molar-refractivity contribution is 0.953. The van der Waals surface area contributed by atoms with Gasteiger partial charge in [-0.1, -0.05) is 315 Å². The molecule has 22 rings (SSSR count). The van der Waals surface area contributed by atoms with Crippen molar-refractivity contribution in [3.05, 3.63) is 406 Å².